The monoisotopic (exact) mass is 496 g/mol. The predicted octanol–water partition coefficient (Wildman–Crippen LogP) is 4.16. The molecule has 0 saturated carbocycles. The zero-order valence-corrected chi connectivity index (χ0v) is 19.9. The van der Waals surface area contributed by atoms with Crippen LogP contribution in [0.2, 0.25) is 5.02 Å². The molecule has 0 aliphatic heterocycles. The zero-order valence-electron chi connectivity index (χ0n) is 19.1. The number of amides is 1. The molecule has 1 aromatic carbocycles. The van der Waals surface area contributed by atoms with Crippen LogP contribution >= 0.6 is 11.6 Å². The van der Waals surface area contributed by atoms with Crippen molar-refractivity contribution in [2.75, 3.05) is 6.61 Å². The molecule has 0 spiro atoms. The van der Waals surface area contributed by atoms with E-state index in [9.17, 15) is 18.8 Å². The van der Waals surface area contributed by atoms with E-state index in [-0.39, 0.29) is 33.7 Å². The van der Waals surface area contributed by atoms with Crippen LogP contribution < -0.4 is 11.0 Å². The van der Waals surface area contributed by atoms with Crippen LogP contribution in [0.3, 0.4) is 0 Å². The van der Waals surface area contributed by atoms with E-state index < -0.39 is 28.8 Å². The molecular formula is C25H22ClFN4O4. The SMILES string of the molecule is CCCCn1c(=NC(=O)c2c(F)cccc2Cl)c(C(=O)OCC)cc2c(=O)n3ccccc3nc21. The number of aryl methyl sites for hydroxylation is 1. The molecule has 0 N–H and O–H groups in total. The van der Waals surface area contributed by atoms with Crippen LogP contribution in [0.15, 0.2) is 58.4 Å². The molecule has 3 heterocycles. The van der Waals surface area contributed by atoms with Gasteiger partial charge in [-0.3, -0.25) is 14.0 Å². The number of esters is 1. The molecule has 0 fully saturated rings. The second-order valence-corrected chi connectivity index (χ2v) is 8.11. The van der Waals surface area contributed by atoms with Crippen molar-refractivity contribution >= 4 is 40.2 Å². The van der Waals surface area contributed by atoms with Gasteiger partial charge in [0.2, 0.25) is 0 Å². The summed E-state index contributed by atoms with van der Waals surface area (Å²) >= 11 is 6.07. The van der Waals surface area contributed by atoms with Crippen molar-refractivity contribution in [1.82, 2.24) is 14.0 Å². The van der Waals surface area contributed by atoms with Gasteiger partial charge in [0.05, 0.1) is 22.6 Å². The summed E-state index contributed by atoms with van der Waals surface area (Å²) in [4.78, 5) is 48.0. The third-order valence-corrected chi connectivity index (χ3v) is 5.72. The Morgan fingerprint density at radius 1 is 1.17 bits per heavy atom. The Hall–Kier alpha value is -3.85. The number of benzene rings is 1. The van der Waals surface area contributed by atoms with Crippen LogP contribution in [0.4, 0.5) is 4.39 Å². The van der Waals surface area contributed by atoms with E-state index in [0.29, 0.717) is 18.6 Å². The number of fused-ring (bicyclic) bond motifs is 2. The number of ether oxygens (including phenoxy) is 1. The molecule has 0 unspecified atom stereocenters. The van der Waals surface area contributed by atoms with E-state index in [2.05, 4.69) is 9.98 Å². The van der Waals surface area contributed by atoms with Gasteiger partial charge in [-0.05, 0) is 43.7 Å². The number of aromatic nitrogens is 3. The molecule has 10 heteroatoms. The van der Waals surface area contributed by atoms with Crippen molar-refractivity contribution in [2.45, 2.75) is 33.2 Å². The Balaban J connectivity index is 2.14. The van der Waals surface area contributed by atoms with Crippen molar-refractivity contribution in [1.29, 1.82) is 0 Å². The van der Waals surface area contributed by atoms with E-state index in [1.807, 2.05) is 6.92 Å². The molecule has 0 aliphatic rings. The highest BCUT2D eigenvalue weighted by Crippen LogP contribution is 2.20. The van der Waals surface area contributed by atoms with Gasteiger partial charge in [0.1, 0.15) is 22.7 Å². The Bertz CT molecular complexity index is 1570. The van der Waals surface area contributed by atoms with E-state index in [1.54, 1.807) is 31.3 Å². The summed E-state index contributed by atoms with van der Waals surface area (Å²) in [6.45, 7) is 3.96. The number of rotatable bonds is 6. The molecule has 0 aliphatic carbocycles. The van der Waals surface area contributed by atoms with Gasteiger partial charge in [0.15, 0.2) is 5.49 Å². The number of carbonyl (C=O) groups is 2. The third-order valence-electron chi connectivity index (χ3n) is 5.40. The van der Waals surface area contributed by atoms with Gasteiger partial charge >= 0.3 is 5.97 Å². The number of unbranched alkanes of at least 4 members (excludes halogenated alkanes) is 1. The van der Waals surface area contributed by atoms with Crippen molar-refractivity contribution in [3.05, 3.63) is 86.5 Å². The molecule has 0 saturated heterocycles. The van der Waals surface area contributed by atoms with E-state index >= 15 is 0 Å². The van der Waals surface area contributed by atoms with Gasteiger partial charge in [-0.15, -0.1) is 0 Å². The fraction of sp³-hybridized carbons (Fsp3) is 0.240. The average molecular weight is 497 g/mol. The quantitative estimate of drug-likeness (QED) is 0.295. The number of hydrogen-bond acceptors (Lipinski definition) is 5. The molecule has 0 radical (unpaired) electrons. The highest BCUT2D eigenvalue weighted by molar-refractivity contribution is 6.33. The summed E-state index contributed by atoms with van der Waals surface area (Å²) in [6.07, 6.45) is 2.99. The topological polar surface area (TPSA) is 95.0 Å². The van der Waals surface area contributed by atoms with Crippen LogP contribution in [0, 0.1) is 5.82 Å². The van der Waals surface area contributed by atoms with Crippen LogP contribution in [0.1, 0.15) is 47.4 Å². The van der Waals surface area contributed by atoms with Crippen molar-refractivity contribution < 1.29 is 18.7 Å². The second kappa shape index (κ2) is 10.2. The first-order chi connectivity index (χ1) is 16.9. The lowest BCUT2D eigenvalue weighted by Crippen LogP contribution is -2.33. The van der Waals surface area contributed by atoms with Crippen LogP contribution in [-0.4, -0.2) is 32.4 Å². The first-order valence-electron chi connectivity index (χ1n) is 11.1. The van der Waals surface area contributed by atoms with Crippen molar-refractivity contribution in [2.24, 2.45) is 4.99 Å². The maximum absolute atomic E-state index is 14.4. The molecule has 1 amide bonds. The Labute approximate surface area is 204 Å². The number of hydrogen-bond donors (Lipinski definition) is 0. The molecule has 180 valence electrons. The minimum atomic E-state index is -0.972. The first-order valence-corrected chi connectivity index (χ1v) is 11.5. The molecule has 0 atom stereocenters. The van der Waals surface area contributed by atoms with Crippen molar-refractivity contribution in [3.8, 4) is 0 Å². The maximum Gasteiger partial charge on any atom is 0.341 e. The maximum atomic E-state index is 14.4. The van der Waals surface area contributed by atoms with E-state index in [4.69, 9.17) is 16.3 Å². The molecular weight excluding hydrogens is 475 g/mol. The minimum absolute atomic E-state index is 0.0628. The van der Waals surface area contributed by atoms with Gasteiger partial charge in [-0.1, -0.05) is 37.1 Å². The Morgan fingerprint density at radius 3 is 2.69 bits per heavy atom. The van der Waals surface area contributed by atoms with Crippen LogP contribution in [0.5, 0.6) is 0 Å². The molecule has 8 nitrogen and oxygen atoms in total. The summed E-state index contributed by atoms with van der Waals surface area (Å²) in [5.74, 6) is -2.59. The van der Waals surface area contributed by atoms with Gasteiger partial charge in [-0.2, -0.15) is 4.99 Å². The normalized spacial score (nSPS) is 11.8. The van der Waals surface area contributed by atoms with Gasteiger partial charge < -0.3 is 9.30 Å². The van der Waals surface area contributed by atoms with Crippen molar-refractivity contribution in [3.63, 3.8) is 0 Å². The summed E-state index contributed by atoms with van der Waals surface area (Å²) in [7, 11) is 0. The van der Waals surface area contributed by atoms with Crippen LogP contribution in [0.25, 0.3) is 16.7 Å². The zero-order chi connectivity index (χ0) is 25.1. The standard InChI is InChI=1S/C25H22ClFN4O4/c1-3-5-12-31-21-15(24(33)30-13-7-6-11-19(30)28-21)14-16(25(34)35-4-2)22(31)29-23(32)20-17(26)9-8-10-18(20)27/h6-11,13-14H,3-5,12H2,1-2H3. The smallest absolute Gasteiger partial charge is 0.341 e. The lowest BCUT2D eigenvalue weighted by Gasteiger charge is -2.15. The third kappa shape index (κ3) is 4.59. The number of carbonyl (C=O) groups excluding carboxylic acids is 2. The number of halogens is 2. The Kier molecular flexibility index (Phi) is 7.07. The largest absolute Gasteiger partial charge is 0.462 e. The first kappa shape index (κ1) is 24.3. The van der Waals surface area contributed by atoms with Gasteiger partial charge in [0, 0.05) is 12.7 Å². The fourth-order valence-electron chi connectivity index (χ4n) is 3.74. The van der Waals surface area contributed by atoms with Gasteiger partial charge in [0.25, 0.3) is 11.5 Å². The summed E-state index contributed by atoms with van der Waals surface area (Å²) in [5, 5.41) is 0.0443. The van der Waals surface area contributed by atoms with Crippen LogP contribution in [-0.2, 0) is 11.3 Å². The fourth-order valence-corrected chi connectivity index (χ4v) is 3.98. The molecule has 4 rings (SSSR count). The second-order valence-electron chi connectivity index (χ2n) is 7.70. The molecule has 35 heavy (non-hydrogen) atoms. The molecule has 4 aromatic rings. The minimum Gasteiger partial charge on any atom is -0.462 e. The van der Waals surface area contributed by atoms with Gasteiger partial charge in [-0.25, -0.2) is 14.2 Å². The Morgan fingerprint density at radius 2 is 1.97 bits per heavy atom. The number of pyridine rings is 2. The predicted molar refractivity (Wildman–Crippen MR) is 129 cm³/mol. The lowest BCUT2D eigenvalue weighted by atomic mass is 10.1. The van der Waals surface area contributed by atoms with E-state index in [1.165, 1.54) is 27.2 Å². The summed E-state index contributed by atoms with van der Waals surface area (Å²) < 4.78 is 22.5. The summed E-state index contributed by atoms with van der Waals surface area (Å²) in [5.41, 5.74) is -0.372. The lowest BCUT2D eigenvalue weighted by molar-refractivity contribution is 0.0523. The summed E-state index contributed by atoms with van der Waals surface area (Å²) in [6, 6.07) is 10.3. The van der Waals surface area contributed by atoms with E-state index in [0.717, 1.165) is 12.5 Å². The molecule has 3 aromatic heterocycles. The highest BCUT2D eigenvalue weighted by atomic mass is 35.5. The number of nitrogens with zero attached hydrogens (tertiary/aromatic N) is 4. The average Bonchev–Trinajstić information content (AvgIpc) is 2.83. The highest BCUT2D eigenvalue weighted by Gasteiger charge is 2.21. The molecule has 0 bridgehead atoms.